The highest BCUT2D eigenvalue weighted by Crippen LogP contribution is 2.16. The standard InChI is InChI=1S/C15H22N2O4/c1-4-11(9-18)16-14(19)15(20)17-12-5-7-13(8-6-12)21-10(2)3/h5-8,10-11,18H,4,9H2,1-3H3,(H,16,19)(H,17,20)/t11-/m1/s1. The number of aliphatic hydroxyl groups is 1. The fraction of sp³-hybridized carbons (Fsp3) is 0.467. The maximum absolute atomic E-state index is 11.7. The van der Waals surface area contributed by atoms with Gasteiger partial charge in [-0.05, 0) is 44.5 Å². The van der Waals surface area contributed by atoms with Crippen molar-refractivity contribution in [3.05, 3.63) is 24.3 Å². The Morgan fingerprint density at radius 1 is 1.19 bits per heavy atom. The van der Waals surface area contributed by atoms with Gasteiger partial charge in [0.1, 0.15) is 5.75 Å². The second-order valence-corrected chi connectivity index (χ2v) is 4.91. The van der Waals surface area contributed by atoms with E-state index >= 15 is 0 Å². The van der Waals surface area contributed by atoms with Gasteiger partial charge in [0.15, 0.2) is 0 Å². The molecule has 0 bridgehead atoms. The fourth-order valence-corrected chi connectivity index (χ4v) is 1.60. The van der Waals surface area contributed by atoms with Gasteiger partial charge in [-0.1, -0.05) is 6.92 Å². The molecule has 0 aliphatic carbocycles. The normalized spacial score (nSPS) is 11.9. The monoisotopic (exact) mass is 294 g/mol. The molecule has 0 saturated heterocycles. The van der Waals surface area contributed by atoms with Crippen LogP contribution < -0.4 is 15.4 Å². The van der Waals surface area contributed by atoms with Gasteiger partial charge in [-0.2, -0.15) is 0 Å². The number of benzene rings is 1. The first-order chi connectivity index (χ1) is 9.96. The molecule has 1 atom stereocenters. The average Bonchev–Trinajstić information content (AvgIpc) is 2.45. The van der Waals surface area contributed by atoms with Crippen LogP contribution in [-0.4, -0.2) is 35.7 Å². The Morgan fingerprint density at radius 3 is 2.29 bits per heavy atom. The molecule has 0 spiro atoms. The molecule has 0 unspecified atom stereocenters. The van der Waals surface area contributed by atoms with E-state index in [-0.39, 0.29) is 12.7 Å². The number of carbonyl (C=O) groups excluding carboxylic acids is 2. The van der Waals surface area contributed by atoms with E-state index in [2.05, 4.69) is 10.6 Å². The lowest BCUT2D eigenvalue weighted by molar-refractivity contribution is -0.136. The van der Waals surface area contributed by atoms with E-state index < -0.39 is 17.9 Å². The van der Waals surface area contributed by atoms with Gasteiger partial charge in [0.2, 0.25) is 0 Å². The summed E-state index contributed by atoms with van der Waals surface area (Å²) in [5.74, 6) is -0.836. The van der Waals surface area contributed by atoms with Gasteiger partial charge in [0, 0.05) is 5.69 Å². The molecular weight excluding hydrogens is 272 g/mol. The second kappa shape index (κ2) is 8.26. The van der Waals surface area contributed by atoms with Gasteiger partial charge in [-0.25, -0.2) is 0 Å². The summed E-state index contributed by atoms with van der Waals surface area (Å²) < 4.78 is 5.48. The molecule has 0 aliphatic heterocycles. The highest BCUT2D eigenvalue weighted by Gasteiger charge is 2.17. The minimum atomic E-state index is -0.765. The maximum Gasteiger partial charge on any atom is 0.313 e. The van der Waals surface area contributed by atoms with E-state index in [1.807, 2.05) is 20.8 Å². The van der Waals surface area contributed by atoms with E-state index in [9.17, 15) is 9.59 Å². The third-order valence-electron chi connectivity index (χ3n) is 2.74. The number of hydrogen-bond donors (Lipinski definition) is 3. The van der Waals surface area contributed by atoms with Crippen molar-refractivity contribution in [3.63, 3.8) is 0 Å². The van der Waals surface area contributed by atoms with Gasteiger partial charge in [0.05, 0.1) is 18.8 Å². The Labute approximate surface area is 124 Å². The Hall–Kier alpha value is -2.08. The van der Waals surface area contributed by atoms with Crippen LogP contribution in [0.2, 0.25) is 0 Å². The van der Waals surface area contributed by atoms with Crippen molar-refractivity contribution in [3.8, 4) is 5.75 Å². The second-order valence-electron chi connectivity index (χ2n) is 4.91. The zero-order valence-corrected chi connectivity index (χ0v) is 12.6. The summed E-state index contributed by atoms with van der Waals surface area (Å²) in [5.41, 5.74) is 0.503. The molecule has 116 valence electrons. The summed E-state index contributed by atoms with van der Waals surface area (Å²) in [6, 6.07) is 6.34. The zero-order chi connectivity index (χ0) is 15.8. The molecule has 1 aromatic carbocycles. The minimum absolute atomic E-state index is 0.0701. The van der Waals surface area contributed by atoms with Crippen molar-refractivity contribution < 1.29 is 19.4 Å². The van der Waals surface area contributed by atoms with Crippen molar-refractivity contribution in [2.45, 2.75) is 39.3 Å². The van der Waals surface area contributed by atoms with Gasteiger partial charge in [-0.3, -0.25) is 9.59 Å². The molecule has 0 saturated carbocycles. The molecule has 0 aromatic heterocycles. The molecule has 6 nitrogen and oxygen atoms in total. The molecule has 2 amide bonds. The maximum atomic E-state index is 11.7. The predicted octanol–water partition coefficient (Wildman–Crippen LogP) is 1.30. The largest absolute Gasteiger partial charge is 0.491 e. The first kappa shape index (κ1) is 17.0. The third kappa shape index (κ3) is 5.83. The minimum Gasteiger partial charge on any atom is -0.491 e. The van der Waals surface area contributed by atoms with E-state index in [0.29, 0.717) is 17.9 Å². The number of rotatable bonds is 6. The smallest absolute Gasteiger partial charge is 0.313 e. The Bertz CT molecular complexity index is 467. The predicted molar refractivity (Wildman–Crippen MR) is 80.1 cm³/mol. The quantitative estimate of drug-likeness (QED) is 0.690. The van der Waals surface area contributed by atoms with Crippen LogP contribution in [0, 0.1) is 0 Å². The van der Waals surface area contributed by atoms with Gasteiger partial charge in [-0.15, -0.1) is 0 Å². The summed E-state index contributed by atoms with van der Waals surface area (Å²) in [5, 5.41) is 13.9. The van der Waals surface area contributed by atoms with Gasteiger partial charge in [0.25, 0.3) is 0 Å². The highest BCUT2D eigenvalue weighted by molar-refractivity contribution is 6.39. The Morgan fingerprint density at radius 2 is 1.81 bits per heavy atom. The molecule has 3 N–H and O–H groups in total. The molecule has 0 aliphatic rings. The van der Waals surface area contributed by atoms with E-state index in [1.54, 1.807) is 24.3 Å². The lowest BCUT2D eigenvalue weighted by Gasteiger charge is -2.14. The number of anilines is 1. The van der Waals surface area contributed by atoms with Crippen LogP contribution in [0.15, 0.2) is 24.3 Å². The Balaban J connectivity index is 2.56. The molecule has 0 heterocycles. The summed E-state index contributed by atoms with van der Waals surface area (Å²) in [6.07, 6.45) is 0.622. The van der Waals surface area contributed by atoms with Crippen LogP contribution in [0.1, 0.15) is 27.2 Å². The fourth-order valence-electron chi connectivity index (χ4n) is 1.60. The number of carbonyl (C=O) groups is 2. The molecular formula is C15H22N2O4. The first-order valence-corrected chi connectivity index (χ1v) is 6.95. The number of nitrogens with one attached hydrogen (secondary N) is 2. The zero-order valence-electron chi connectivity index (χ0n) is 12.6. The van der Waals surface area contributed by atoms with Crippen LogP contribution in [0.25, 0.3) is 0 Å². The number of amides is 2. The number of hydrogen-bond acceptors (Lipinski definition) is 4. The van der Waals surface area contributed by atoms with Crippen molar-refractivity contribution in [1.29, 1.82) is 0 Å². The molecule has 1 aromatic rings. The topological polar surface area (TPSA) is 87.7 Å². The number of ether oxygens (including phenoxy) is 1. The summed E-state index contributed by atoms with van der Waals surface area (Å²) in [7, 11) is 0. The van der Waals surface area contributed by atoms with Crippen LogP contribution >= 0.6 is 0 Å². The summed E-state index contributed by atoms with van der Waals surface area (Å²) in [6.45, 7) is 5.46. The molecule has 21 heavy (non-hydrogen) atoms. The van der Waals surface area contributed by atoms with Crippen LogP contribution in [-0.2, 0) is 9.59 Å². The van der Waals surface area contributed by atoms with E-state index in [4.69, 9.17) is 9.84 Å². The van der Waals surface area contributed by atoms with E-state index in [1.165, 1.54) is 0 Å². The van der Waals surface area contributed by atoms with Crippen molar-refractivity contribution >= 4 is 17.5 Å². The lowest BCUT2D eigenvalue weighted by Crippen LogP contribution is -2.43. The van der Waals surface area contributed by atoms with Crippen LogP contribution in [0.3, 0.4) is 0 Å². The SMILES string of the molecule is CC[C@H](CO)NC(=O)C(=O)Nc1ccc(OC(C)C)cc1. The van der Waals surface area contributed by atoms with E-state index in [0.717, 1.165) is 0 Å². The third-order valence-corrected chi connectivity index (χ3v) is 2.74. The molecule has 6 heteroatoms. The number of aliphatic hydroxyl groups excluding tert-OH is 1. The molecule has 0 radical (unpaired) electrons. The van der Waals surface area contributed by atoms with Gasteiger partial charge >= 0.3 is 11.8 Å². The average molecular weight is 294 g/mol. The van der Waals surface area contributed by atoms with Crippen molar-refractivity contribution in [2.75, 3.05) is 11.9 Å². The van der Waals surface area contributed by atoms with Crippen LogP contribution in [0.5, 0.6) is 5.75 Å². The van der Waals surface area contributed by atoms with Crippen molar-refractivity contribution in [1.82, 2.24) is 5.32 Å². The summed E-state index contributed by atoms with van der Waals surface area (Å²) >= 11 is 0. The molecule has 1 rings (SSSR count). The lowest BCUT2D eigenvalue weighted by atomic mass is 10.2. The van der Waals surface area contributed by atoms with Gasteiger partial charge < -0.3 is 20.5 Å². The first-order valence-electron chi connectivity index (χ1n) is 6.95. The Kier molecular flexibility index (Phi) is 6.68. The summed E-state index contributed by atoms with van der Waals surface area (Å²) in [4.78, 5) is 23.3. The highest BCUT2D eigenvalue weighted by atomic mass is 16.5. The van der Waals surface area contributed by atoms with Crippen molar-refractivity contribution in [2.24, 2.45) is 0 Å². The molecule has 0 fully saturated rings. The van der Waals surface area contributed by atoms with Crippen LogP contribution in [0.4, 0.5) is 5.69 Å².